The van der Waals surface area contributed by atoms with Crippen LogP contribution in [0.1, 0.15) is 17.0 Å². The standard InChI is InChI=1S/C19H18BrN3OS/c1-13-17(11-14-7-3-2-4-8-14)23-19(21-13)25-12-18(24)22-16-10-6-5-9-15(16)20/h2-10H,11-12H2,1H3,(H,21,23)(H,22,24). The highest BCUT2D eigenvalue weighted by Gasteiger charge is 2.11. The van der Waals surface area contributed by atoms with Crippen LogP contribution in [-0.2, 0) is 11.2 Å². The monoisotopic (exact) mass is 415 g/mol. The number of hydrogen-bond donors (Lipinski definition) is 2. The maximum absolute atomic E-state index is 12.1. The Kier molecular flexibility index (Phi) is 5.94. The first-order valence-corrected chi connectivity index (χ1v) is 9.66. The zero-order valence-electron chi connectivity index (χ0n) is 13.8. The third-order valence-electron chi connectivity index (χ3n) is 3.67. The molecule has 0 atom stereocenters. The Morgan fingerprint density at radius 2 is 1.88 bits per heavy atom. The molecule has 3 aromatic rings. The number of rotatable bonds is 6. The van der Waals surface area contributed by atoms with Crippen LogP contribution >= 0.6 is 27.7 Å². The van der Waals surface area contributed by atoms with Crippen molar-refractivity contribution in [2.24, 2.45) is 0 Å². The van der Waals surface area contributed by atoms with E-state index in [0.29, 0.717) is 5.75 Å². The number of aromatic amines is 1. The van der Waals surface area contributed by atoms with E-state index in [0.717, 1.165) is 33.1 Å². The lowest BCUT2D eigenvalue weighted by Gasteiger charge is -2.06. The van der Waals surface area contributed by atoms with Crippen LogP contribution < -0.4 is 5.32 Å². The molecule has 0 bridgehead atoms. The topological polar surface area (TPSA) is 57.8 Å². The largest absolute Gasteiger partial charge is 0.337 e. The summed E-state index contributed by atoms with van der Waals surface area (Å²) in [5.74, 6) is 0.245. The fraction of sp³-hybridized carbons (Fsp3) is 0.158. The number of imidazole rings is 1. The minimum Gasteiger partial charge on any atom is -0.337 e. The van der Waals surface area contributed by atoms with Crippen molar-refractivity contribution in [2.45, 2.75) is 18.5 Å². The molecule has 0 radical (unpaired) electrons. The number of nitrogens with zero attached hydrogens (tertiary/aromatic N) is 1. The molecule has 1 aromatic heterocycles. The lowest BCUT2D eigenvalue weighted by molar-refractivity contribution is -0.113. The number of carbonyl (C=O) groups is 1. The SMILES string of the molecule is Cc1[nH]c(SCC(=O)Nc2ccccc2Br)nc1Cc1ccccc1. The lowest BCUT2D eigenvalue weighted by atomic mass is 10.1. The third kappa shape index (κ3) is 4.96. The number of anilines is 1. The van der Waals surface area contributed by atoms with E-state index in [2.05, 4.69) is 43.3 Å². The summed E-state index contributed by atoms with van der Waals surface area (Å²) >= 11 is 4.83. The van der Waals surface area contributed by atoms with Gasteiger partial charge in [0.2, 0.25) is 5.91 Å². The maximum atomic E-state index is 12.1. The van der Waals surface area contributed by atoms with E-state index in [1.165, 1.54) is 17.3 Å². The summed E-state index contributed by atoms with van der Waals surface area (Å²) in [7, 11) is 0. The van der Waals surface area contributed by atoms with Gasteiger partial charge in [0, 0.05) is 16.6 Å². The summed E-state index contributed by atoms with van der Waals surface area (Å²) in [6.07, 6.45) is 0.785. The van der Waals surface area contributed by atoms with Crippen molar-refractivity contribution in [1.29, 1.82) is 0 Å². The van der Waals surface area contributed by atoms with E-state index in [1.807, 2.05) is 49.4 Å². The van der Waals surface area contributed by atoms with Gasteiger partial charge in [-0.15, -0.1) is 0 Å². The average Bonchev–Trinajstić information content (AvgIpc) is 2.96. The number of benzene rings is 2. The van der Waals surface area contributed by atoms with E-state index in [1.54, 1.807) is 0 Å². The number of amides is 1. The molecule has 0 spiro atoms. The molecule has 0 saturated carbocycles. The highest BCUT2D eigenvalue weighted by atomic mass is 79.9. The molecule has 0 saturated heterocycles. The van der Waals surface area contributed by atoms with Crippen molar-refractivity contribution in [3.05, 3.63) is 76.0 Å². The first-order valence-electron chi connectivity index (χ1n) is 7.88. The number of H-pyrrole nitrogens is 1. The number of carbonyl (C=O) groups excluding carboxylic acids is 1. The predicted octanol–water partition coefficient (Wildman–Crippen LogP) is 4.80. The Bertz CT molecular complexity index is 864. The number of hydrogen-bond acceptors (Lipinski definition) is 3. The van der Waals surface area contributed by atoms with Gasteiger partial charge < -0.3 is 10.3 Å². The van der Waals surface area contributed by atoms with Gasteiger partial charge in [-0.3, -0.25) is 4.79 Å². The Morgan fingerprint density at radius 1 is 1.16 bits per heavy atom. The molecule has 25 heavy (non-hydrogen) atoms. The summed E-state index contributed by atoms with van der Waals surface area (Å²) in [5.41, 5.74) is 4.05. The second-order valence-corrected chi connectivity index (χ2v) is 7.41. The van der Waals surface area contributed by atoms with Gasteiger partial charge in [0.15, 0.2) is 5.16 Å². The Labute approximate surface area is 159 Å². The van der Waals surface area contributed by atoms with Gasteiger partial charge >= 0.3 is 0 Å². The van der Waals surface area contributed by atoms with Crippen molar-refractivity contribution >= 4 is 39.3 Å². The van der Waals surface area contributed by atoms with Crippen LogP contribution in [0.3, 0.4) is 0 Å². The second-order valence-electron chi connectivity index (χ2n) is 5.59. The minimum absolute atomic E-state index is 0.0597. The zero-order chi connectivity index (χ0) is 17.6. The average molecular weight is 416 g/mol. The van der Waals surface area contributed by atoms with Crippen molar-refractivity contribution in [3.63, 3.8) is 0 Å². The van der Waals surface area contributed by atoms with Gasteiger partial charge in [-0.25, -0.2) is 4.98 Å². The Balaban J connectivity index is 1.57. The molecule has 3 rings (SSSR count). The number of nitrogens with one attached hydrogen (secondary N) is 2. The normalized spacial score (nSPS) is 10.6. The molecule has 0 aliphatic carbocycles. The number of para-hydroxylation sites is 1. The molecule has 1 heterocycles. The van der Waals surface area contributed by atoms with Gasteiger partial charge in [0.25, 0.3) is 0 Å². The number of aromatic nitrogens is 2. The molecule has 128 valence electrons. The zero-order valence-corrected chi connectivity index (χ0v) is 16.2. The Morgan fingerprint density at radius 3 is 2.64 bits per heavy atom. The highest BCUT2D eigenvalue weighted by molar-refractivity contribution is 9.10. The van der Waals surface area contributed by atoms with E-state index in [9.17, 15) is 4.79 Å². The highest BCUT2D eigenvalue weighted by Crippen LogP contribution is 2.23. The van der Waals surface area contributed by atoms with Gasteiger partial charge in [-0.1, -0.05) is 54.2 Å². The predicted molar refractivity (Wildman–Crippen MR) is 106 cm³/mol. The van der Waals surface area contributed by atoms with E-state index >= 15 is 0 Å². The fourth-order valence-electron chi connectivity index (χ4n) is 2.38. The maximum Gasteiger partial charge on any atom is 0.234 e. The molecule has 2 aromatic carbocycles. The van der Waals surface area contributed by atoms with Crippen LogP contribution in [-0.4, -0.2) is 21.6 Å². The van der Waals surface area contributed by atoms with Crippen LogP contribution in [0, 0.1) is 6.92 Å². The van der Waals surface area contributed by atoms with E-state index in [-0.39, 0.29) is 5.91 Å². The number of halogens is 1. The smallest absolute Gasteiger partial charge is 0.234 e. The van der Waals surface area contributed by atoms with Crippen LogP contribution in [0.5, 0.6) is 0 Å². The minimum atomic E-state index is -0.0597. The van der Waals surface area contributed by atoms with Crippen LogP contribution in [0.4, 0.5) is 5.69 Å². The molecule has 4 nitrogen and oxygen atoms in total. The molecular formula is C19H18BrN3OS. The van der Waals surface area contributed by atoms with E-state index < -0.39 is 0 Å². The van der Waals surface area contributed by atoms with Crippen LogP contribution in [0.25, 0.3) is 0 Å². The number of thioether (sulfide) groups is 1. The molecule has 6 heteroatoms. The van der Waals surface area contributed by atoms with Gasteiger partial charge in [-0.05, 0) is 40.5 Å². The van der Waals surface area contributed by atoms with Crippen LogP contribution in [0.2, 0.25) is 0 Å². The third-order valence-corrected chi connectivity index (χ3v) is 5.23. The molecule has 2 N–H and O–H groups in total. The second kappa shape index (κ2) is 8.36. The molecule has 1 amide bonds. The first-order chi connectivity index (χ1) is 12.1. The summed E-state index contributed by atoms with van der Waals surface area (Å²) in [6, 6.07) is 17.8. The van der Waals surface area contributed by atoms with Gasteiger partial charge in [0.05, 0.1) is 17.1 Å². The quantitative estimate of drug-likeness (QED) is 0.568. The molecule has 0 aliphatic rings. The summed E-state index contributed by atoms with van der Waals surface area (Å²) in [6.45, 7) is 2.01. The summed E-state index contributed by atoms with van der Waals surface area (Å²) in [5, 5.41) is 3.66. The molecule has 0 fully saturated rings. The van der Waals surface area contributed by atoms with Gasteiger partial charge in [-0.2, -0.15) is 0 Å². The fourth-order valence-corrected chi connectivity index (χ4v) is 3.50. The van der Waals surface area contributed by atoms with E-state index in [4.69, 9.17) is 0 Å². The van der Waals surface area contributed by atoms with Crippen molar-refractivity contribution in [2.75, 3.05) is 11.1 Å². The Hall–Kier alpha value is -2.05. The molecular weight excluding hydrogens is 398 g/mol. The molecule has 0 aliphatic heterocycles. The summed E-state index contributed by atoms with van der Waals surface area (Å²) < 4.78 is 0.868. The number of aryl methyl sites for hydroxylation is 1. The van der Waals surface area contributed by atoms with Crippen LogP contribution in [0.15, 0.2) is 64.2 Å². The lowest BCUT2D eigenvalue weighted by Crippen LogP contribution is -2.14. The molecule has 0 unspecified atom stereocenters. The van der Waals surface area contributed by atoms with Crippen molar-refractivity contribution in [3.8, 4) is 0 Å². The first kappa shape index (κ1) is 17.8. The van der Waals surface area contributed by atoms with Crippen molar-refractivity contribution < 1.29 is 4.79 Å². The van der Waals surface area contributed by atoms with Crippen molar-refractivity contribution in [1.82, 2.24) is 9.97 Å². The summed E-state index contributed by atoms with van der Waals surface area (Å²) in [4.78, 5) is 20.0. The van der Waals surface area contributed by atoms with Gasteiger partial charge in [0.1, 0.15) is 0 Å².